The SMILES string of the molecule is CC(O)CCN(C)C(=O)C(C)c1ccc2ccccc2c1. The molecule has 2 aromatic rings. The van der Waals surface area contributed by atoms with Crippen LogP contribution < -0.4 is 0 Å². The lowest BCUT2D eigenvalue weighted by Gasteiger charge is -2.22. The molecule has 3 heteroatoms. The van der Waals surface area contributed by atoms with Gasteiger partial charge in [-0.3, -0.25) is 4.79 Å². The van der Waals surface area contributed by atoms with Crippen LogP contribution in [0.3, 0.4) is 0 Å². The van der Waals surface area contributed by atoms with Crippen molar-refractivity contribution in [2.24, 2.45) is 0 Å². The van der Waals surface area contributed by atoms with E-state index in [1.54, 1.807) is 18.9 Å². The third kappa shape index (κ3) is 3.82. The molecule has 21 heavy (non-hydrogen) atoms. The zero-order valence-electron chi connectivity index (χ0n) is 12.9. The summed E-state index contributed by atoms with van der Waals surface area (Å²) in [5.41, 5.74) is 1.03. The van der Waals surface area contributed by atoms with Gasteiger partial charge in [-0.15, -0.1) is 0 Å². The van der Waals surface area contributed by atoms with E-state index in [1.807, 2.05) is 25.1 Å². The molecule has 1 N–H and O–H groups in total. The van der Waals surface area contributed by atoms with Gasteiger partial charge >= 0.3 is 0 Å². The Kier molecular flexibility index (Phi) is 4.97. The molecule has 0 saturated carbocycles. The first-order valence-corrected chi connectivity index (χ1v) is 7.41. The molecule has 3 nitrogen and oxygen atoms in total. The van der Waals surface area contributed by atoms with Gasteiger partial charge in [-0.2, -0.15) is 0 Å². The van der Waals surface area contributed by atoms with Gasteiger partial charge in [0.05, 0.1) is 12.0 Å². The lowest BCUT2D eigenvalue weighted by molar-refractivity contribution is -0.131. The van der Waals surface area contributed by atoms with Crippen LogP contribution in [0.5, 0.6) is 0 Å². The van der Waals surface area contributed by atoms with E-state index in [4.69, 9.17) is 0 Å². The summed E-state index contributed by atoms with van der Waals surface area (Å²) >= 11 is 0. The van der Waals surface area contributed by atoms with Crippen LogP contribution in [0.4, 0.5) is 0 Å². The van der Waals surface area contributed by atoms with Gasteiger partial charge in [0, 0.05) is 13.6 Å². The fraction of sp³-hybridized carbons (Fsp3) is 0.389. The summed E-state index contributed by atoms with van der Waals surface area (Å²) in [6.07, 6.45) is 0.225. The Morgan fingerprint density at radius 1 is 1.14 bits per heavy atom. The van der Waals surface area contributed by atoms with E-state index in [0.29, 0.717) is 13.0 Å². The normalized spacial score (nSPS) is 13.9. The summed E-state index contributed by atoms with van der Waals surface area (Å²) in [4.78, 5) is 14.1. The first-order chi connectivity index (χ1) is 9.99. The third-order valence-corrected chi connectivity index (χ3v) is 3.90. The highest BCUT2D eigenvalue weighted by Crippen LogP contribution is 2.23. The third-order valence-electron chi connectivity index (χ3n) is 3.90. The number of carbonyl (C=O) groups excluding carboxylic acids is 1. The smallest absolute Gasteiger partial charge is 0.229 e. The molecule has 0 heterocycles. The maximum atomic E-state index is 12.4. The molecular weight excluding hydrogens is 262 g/mol. The number of amides is 1. The number of fused-ring (bicyclic) bond motifs is 1. The predicted molar refractivity (Wildman–Crippen MR) is 86.3 cm³/mol. The number of rotatable bonds is 5. The number of nitrogens with zero attached hydrogens (tertiary/aromatic N) is 1. The van der Waals surface area contributed by atoms with Gasteiger partial charge in [-0.1, -0.05) is 42.5 Å². The molecule has 0 fully saturated rings. The van der Waals surface area contributed by atoms with Gasteiger partial charge in [0.25, 0.3) is 0 Å². The fourth-order valence-electron chi connectivity index (χ4n) is 2.44. The summed E-state index contributed by atoms with van der Waals surface area (Å²) in [6.45, 7) is 4.25. The molecule has 0 spiro atoms. The topological polar surface area (TPSA) is 40.5 Å². The Morgan fingerprint density at radius 2 is 1.81 bits per heavy atom. The molecule has 0 bridgehead atoms. The standard InChI is InChI=1S/C18H23NO2/c1-13(20)10-11-19(3)18(21)14(2)16-9-8-15-6-4-5-7-17(15)12-16/h4-9,12-14,20H,10-11H2,1-3H3. The summed E-state index contributed by atoms with van der Waals surface area (Å²) in [7, 11) is 1.79. The second-order valence-corrected chi connectivity index (χ2v) is 5.73. The van der Waals surface area contributed by atoms with Crippen molar-refractivity contribution in [1.29, 1.82) is 0 Å². The molecule has 2 atom stereocenters. The van der Waals surface area contributed by atoms with Crippen molar-refractivity contribution in [3.05, 3.63) is 48.0 Å². The fourth-order valence-corrected chi connectivity index (χ4v) is 2.44. The van der Waals surface area contributed by atoms with Gasteiger partial charge in [0.1, 0.15) is 0 Å². The minimum absolute atomic E-state index is 0.0888. The minimum atomic E-state index is -0.378. The second-order valence-electron chi connectivity index (χ2n) is 5.73. The van der Waals surface area contributed by atoms with E-state index in [0.717, 1.165) is 10.9 Å². The molecule has 0 aliphatic rings. The monoisotopic (exact) mass is 285 g/mol. The van der Waals surface area contributed by atoms with Crippen molar-refractivity contribution in [2.45, 2.75) is 32.3 Å². The first-order valence-electron chi connectivity index (χ1n) is 7.41. The molecule has 0 aliphatic heterocycles. The van der Waals surface area contributed by atoms with Crippen LogP contribution in [-0.4, -0.2) is 35.6 Å². The van der Waals surface area contributed by atoms with Crippen LogP contribution in [0.1, 0.15) is 31.7 Å². The summed E-state index contributed by atoms with van der Waals surface area (Å²) in [5.74, 6) is -0.0838. The zero-order chi connectivity index (χ0) is 15.4. The molecule has 1 amide bonds. The van der Waals surface area contributed by atoms with Crippen LogP contribution in [0.15, 0.2) is 42.5 Å². The number of hydrogen-bond donors (Lipinski definition) is 1. The first kappa shape index (κ1) is 15.5. The van der Waals surface area contributed by atoms with Gasteiger partial charge in [0.15, 0.2) is 0 Å². The average Bonchev–Trinajstić information content (AvgIpc) is 2.50. The van der Waals surface area contributed by atoms with Crippen LogP contribution >= 0.6 is 0 Å². The molecule has 2 unspecified atom stereocenters. The van der Waals surface area contributed by atoms with Gasteiger partial charge in [0.2, 0.25) is 5.91 Å². The average molecular weight is 285 g/mol. The van der Waals surface area contributed by atoms with Crippen molar-refractivity contribution in [3.8, 4) is 0 Å². The highest BCUT2D eigenvalue weighted by molar-refractivity contribution is 5.87. The minimum Gasteiger partial charge on any atom is -0.393 e. The molecular formula is C18H23NO2. The largest absolute Gasteiger partial charge is 0.393 e. The van der Waals surface area contributed by atoms with Crippen molar-refractivity contribution in [3.63, 3.8) is 0 Å². The Bertz CT molecular complexity index is 621. The highest BCUT2D eigenvalue weighted by Gasteiger charge is 2.19. The number of aliphatic hydroxyl groups excluding tert-OH is 1. The number of benzene rings is 2. The number of aliphatic hydroxyl groups is 1. The van der Waals surface area contributed by atoms with Crippen LogP contribution in [0.25, 0.3) is 10.8 Å². The lowest BCUT2D eigenvalue weighted by atomic mass is 9.96. The van der Waals surface area contributed by atoms with Crippen LogP contribution in [0, 0.1) is 0 Å². The number of likely N-dealkylation sites (N-methyl/N-ethyl adjacent to an activating group) is 1. The summed E-state index contributed by atoms with van der Waals surface area (Å²) in [5, 5.41) is 11.7. The zero-order valence-corrected chi connectivity index (χ0v) is 12.9. The second kappa shape index (κ2) is 6.72. The molecule has 2 rings (SSSR count). The van der Waals surface area contributed by atoms with E-state index < -0.39 is 0 Å². The van der Waals surface area contributed by atoms with Crippen molar-refractivity contribution >= 4 is 16.7 Å². The molecule has 0 aromatic heterocycles. The van der Waals surface area contributed by atoms with Crippen LogP contribution in [0.2, 0.25) is 0 Å². The Balaban J connectivity index is 2.13. The van der Waals surface area contributed by atoms with E-state index in [-0.39, 0.29) is 17.9 Å². The van der Waals surface area contributed by atoms with Gasteiger partial charge in [-0.05, 0) is 36.6 Å². The van der Waals surface area contributed by atoms with E-state index in [1.165, 1.54) is 5.39 Å². The Morgan fingerprint density at radius 3 is 2.48 bits per heavy atom. The molecule has 0 saturated heterocycles. The molecule has 2 aromatic carbocycles. The molecule has 112 valence electrons. The quantitative estimate of drug-likeness (QED) is 0.916. The van der Waals surface area contributed by atoms with Crippen LogP contribution in [-0.2, 0) is 4.79 Å². The maximum Gasteiger partial charge on any atom is 0.229 e. The van der Waals surface area contributed by atoms with Crippen molar-refractivity contribution in [2.75, 3.05) is 13.6 Å². The van der Waals surface area contributed by atoms with Crippen molar-refractivity contribution in [1.82, 2.24) is 4.90 Å². The number of hydrogen-bond acceptors (Lipinski definition) is 2. The molecule has 0 aliphatic carbocycles. The molecule has 0 radical (unpaired) electrons. The summed E-state index contributed by atoms with van der Waals surface area (Å²) < 4.78 is 0. The maximum absolute atomic E-state index is 12.4. The van der Waals surface area contributed by atoms with E-state index in [2.05, 4.69) is 24.3 Å². The number of carbonyl (C=O) groups is 1. The lowest BCUT2D eigenvalue weighted by Crippen LogP contribution is -2.32. The highest BCUT2D eigenvalue weighted by atomic mass is 16.3. The van der Waals surface area contributed by atoms with E-state index in [9.17, 15) is 9.90 Å². The Hall–Kier alpha value is -1.87. The summed E-state index contributed by atoms with van der Waals surface area (Å²) in [6, 6.07) is 14.3. The van der Waals surface area contributed by atoms with E-state index >= 15 is 0 Å². The van der Waals surface area contributed by atoms with Gasteiger partial charge in [-0.25, -0.2) is 0 Å². The van der Waals surface area contributed by atoms with Crippen molar-refractivity contribution < 1.29 is 9.90 Å². The predicted octanol–water partition coefficient (Wildman–Crippen LogP) is 3.17. The van der Waals surface area contributed by atoms with Gasteiger partial charge < -0.3 is 10.0 Å². The Labute approximate surface area is 126 Å².